The van der Waals surface area contributed by atoms with E-state index in [0.717, 1.165) is 4.47 Å². The molecule has 0 amide bonds. The van der Waals surface area contributed by atoms with Gasteiger partial charge in [-0.05, 0) is 35.8 Å². The monoisotopic (exact) mass is 253 g/mol. The van der Waals surface area contributed by atoms with Gasteiger partial charge in [-0.15, -0.1) is 0 Å². The molecule has 11 heavy (non-hydrogen) atoms. The zero-order chi connectivity index (χ0) is 9.19. The Balaban J connectivity index is 3.14. The fourth-order valence-electron chi connectivity index (χ4n) is 0.601. The highest BCUT2D eigenvalue weighted by molar-refractivity contribution is 9.10. The summed E-state index contributed by atoms with van der Waals surface area (Å²) in [5.74, 6) is 0. The van der Waals surface area contributed by atoms with Crippen LogP contribution in [0.15, 0.2) is 33.6 Å². The molecule has 0 atom stereocenters. The van der Waals surface area contributed by atoms with Gasteiger partial charge in [-0.25, -0.2) is 8.42 Å². The number of benzene rings is 1. The molecule has 1 aromatic rings. The summed E-state index contributed by atoms with van der Waals surface area (Å²) in [6, 6.07) is 6.17. The minimum absolute atomic E-state index is 0.0930. The van der Waals surface area contributed by atoms with Gasteiger partial charge in [0, 0.05) is 4.47 Å². The maximum absolute atomic E-state index is 11.1. The van der Waals surface area contributed by atoms with Crippen molar-refractivity contribution >= 4 is 36.4 Å². The number of hydrogen-bond donors (Lipinski definition) is 1. The van der Waals surface area contributed by atoms with E-state index in [9.17, 15) is 8.42 Å². The Morgan fingerprint density at radius 1 is 1.36 bits per heavy atom. The second-order valence-electron chi connectivity index (χ2n) is 1.91. The molecule has 0 N–H and O–H groups in total. The molecule has 0 unspecified atom stereocenters. The highest BCUT2D eigenvalue weighted by atomic mass is 79.9. The molecule has 1 aromatic carbocycles. The third kappa shape index (κ3) is 2.50. The first kappa shape index (κ1) is 7.64. The van der Waals surface area contributed by atoms with Gasteiger partial charge < -0.3 is 0 Å². The molecule has 0 aliphatic carbocycles. The Bertz CT molecular complexity index is 360. The lowest BCUT2D eigenvalue weighted by Crippen LogP contribution is -1.88. The second-order valence-corrected chi connectivity index (χ2v) is 5.52. The highest BCUT2D eigenvalue weighted by Crippen LogP contribution is 2.17. The Morgan fingerprint density at radius 3 is 2.36 bits per heavy atom. The van der Waals surface area contributed by atoms with E-state index in [2.05, 4.69) is 15.9 Å². The van der Waals surface area contributed by atoms with E-state index in [4.69, 9.17) is 1.12 Å². The minimum Gasteiger partial charge on any atom is -0.212 e. The number of halogens is 1. The van der Waals surface area contributed by atoms with Gasteiger partial charge in [0.05, 0.1) is 4.90 Å². The van der Waals surface area contributed by atoms with Crippen LogP contribution < -0.4 is 0 Å². The van der Waals surface area contributed by atoms with Crippen LogP contribution in [0.2, 0.25) is 0 Å². The van der Waals surface area contributed by atoms with Crippen LogP contribution in [0, 0.1) is 0 Å². The molecule has 0 aliphatic rings. The van der Waals surface area contributed by atoms with E-state index in [-0.39, 0.29) is 16.5 Å². The lowest BCUT2D eigenvalue weighted by Gasteiger charge is -1.95. The second kappa shape index (κ2) is 3.16. The largest absolute Gasteiger partial charge is 0.227 e. The van der Waals surface area contributed by atoms with Crippen molar-refractivity contribution in [1.82, 2.24) is 0 Å². The molecule has 0 bridgehead atoms. The van der Waals surface area contributed by atoms with E-state index in [1.165, 1.54) is 12.1 Å². The normalized spacial score (nSPS) is 12.6. The number of hydrogen-bond acceptors (Lipinski definition) is 3. The van der Waals surface area contributed by atoms with Crippen molar-refractivity contribution in [3.05, 3.63) is 28.7 Å². The lowest BCUT2D eigenvalue weighted by molar-refractivity contribution is 0.611. The smallest absolute Gasteiger partial charge is 0.212 e. The Morgan fingerprint density at radius 2 is 1.91 bits per heavy atom. The first-order valence-corrected chi connectivity index (χ1v) is 5.92. The first-order valence-electron chi connectivity index (χ1n) is 3.12. The van der Waals surface area contributed by atoms with Crippen LogP contribution in [0.5, 0.6) is 0 Å². The third-order valence-corrected chi connectivity index (χ3v) is 3.06. The molecule has 1 rings (SSSR count). The average molecular weight is 254 g/mol. The minimum atomic E-state index is -3.45. The molecule has 0 radical (unpaired) electrons. The summed E-state index contributed by atoms with van der Waals surface area (Å²) < 4.78 is 29.7. The van der Waals surface area contributed by atoms with Crippen LogP contribution in [-0.2, 0) is 8.87 Å². The fraction of sp³-hybridized carbons (Fsp3) is 0. The molecule has 0 saturated heterocycles. The quantitative estimate of drug-likeness (QED) is 0.647. The van der Waals surface area contributed by atoms with E-state index in [1.807, 2.05) is 0 Å². The highest BCUT2D eigenvalue weighted by Gasteiger charge is 2.05. The van der Waals surface area contributed by atoms with Crippen LogP contribution in [0.1, 0.15) is 0 Å². The van der Waals surface area contributed by atoms with Crippen LogP contribution in [0.4, 0.5) is 0 Å². The van der Waals surface area contributed by atoms with Gasteiger partial charge in [-0.2, -0.15) is 0 Å². The standard InChI is InChI=1S/C6H5BrO2S2/c7-5-1-3-6(4-2-5)11(8,9)10/h1-4H,(H,8,9,10)/i/hD. The molecule has 0 aliphatic heterocycles. The number of rotatable bonds is 2. The van der Waals surface area contributed by atoms with Gasteiger partial charge in [0.1, 0.15) is 1.12 Å². The van der Waals surface area contributed by atoms with Crippen molar-refractivity contribution in [3.63, 3.8) is 0 Å². The van der Waals surface area contributed by atoms with Gasteiger partial charge in [0.25, 0.3) is 0 Å². The van der Waals surface area contributed by atoms with Crippen LogP contribution in [0.3, 0.4) is 0 Å². The molecule has 0 fully saturated rings. The van der Waals surface area contributed by atoms with Crippen molar-refractivity contribution in [2.24, 2.45) is 0 Å². The van der Waals surface area contributed by atoms with Crippen molar-refractivity contribution in [1.29, 1.82) is 1.12 Å². The summed E-state index contributed by atoms with van der Waals surface area (Å²) in [5.41, 5.74) is 0. The molecular weight excluding hydrogens is 248 g/mol. The lowest BCUT2D eigenvalue weighted by atomic mass is 10.4. The summed E-state index contributed by atoms with van der Waals surface area (Å²) >= 11 is 3.28. The van der Waals surface area contributed by atoms with Gasteiger partial charge in [0.15, 0.2) is 0 Å². The van der Waals surface area contributed by atoms with Crippen LogP contribution >= 0.6 is 27.5 Å². The zero-order valence-corrected chi connectivity index (χ0v) is 8.54. The molecule has 0 heterocycles. The van der Waals surface area contributed by atoms with Crippen molar-refractivity contribution < 1.29 is 8.42 Å². The van der Waals surface area contributed by atoms with Gasteiger partial charge in [-0.1, -0.05) is 15.9 Å². The summed E-state index contributed by atoms with van der Waals surface area (Å²) in [6.45, 7) is 0. The van der Waals surface area contributed by atoms with Crippen LogP contribution in [0.25, 0.3) is 0 Å². The summed E-state index contributed by atoms with van der Waals surface area (Å²) in [5, 5.41) is 0. The Labute approximate surface area is 79.6 Å². The maximum Gasteiger partial charge on any atom is 0.227 e. The van der Waals surface area contributed by atoms with Crippen molar-refractivity contribution in [3.8, 4) is 0 Å². The van der Waals surface area contributed by atoms with Crippen LogP contribution in [-0.4, -0.2) is 9.54 Å². The van der Waals surface area contributed by atoms with Crippen molar-refractivity contribution in [2.75, 3.05) is 0 Å². The fourth-order valence-corrected chi connectivity index (χ4v) is 1.67. The Hall–Kier alpha value is -0.000000000000000111. The van der Waals surface area contributed by atoms with Gasteiger partial charge in [0.2, 0.25) is 8.87 Å². The molecular formula is C6H5BrO2S2. The summed E-state index contributed by atoms with van der Waals surface area (Å²) in [7, 11) is -3.45. The first-order chi connectivity index (χ1) is 5.56. The van der Waals surface area contributed by atoms with Gasteiger partial charge >= 0.3 is 0 Å². The third-order valence-electron chi connectivity index (χ3n) is 1.10. The predicted octanol–water partition coefficient (Wildman–Crippen LogP) is 2.07. The van der Waals surface area contributed by atoms with E-state index < -0.39 is 8.87 Å². The van der Waals surface area contributed by atoms with E-state index in [1.54, 1.807) is 12.1 Å². The molecule has 0 saturated carbocycles. The molecule has 5 heteroatoms. The molecule has 0 aromatic heterocycles. The topological polar surface area (TPSA) is 34.1 Å². The SMILES string of the molecule is [2H]SS(=O)(=O)c1ccc(Br)cc1. The predicted molar refractivity (Wildman–Crippen MR) is 50.3 cm³/mol. The Kier molecular flexibility index (Phi) is 2.20. The maximum atomic E-state index is 11.1. The zero-order valence-electron chi connectivity index (χ0n) is 6.32. The molecule has 0 spiro atoms. The van der Waals surface area contributed by atoms with Crippen molar-refractivity contribution in [2.45, 2.75) is 4.90 Å². The molecule has 60 valence electrons. The summed E-state index contributed by atoms with van der Waals surface area (Å²) in [6.07, 6.45) is 0. The van der Waals surface area contributed by atoms with E-state index >= 15 is 0 Å². The number of thiol groups is 1. The average Bonchev–Trinajstić information content (AvgIpc) is 2.05. The molecule has 2 nitrogen and oxygen atoms in total. The summed E-state index contributed by atoms with van der Waals surface area (Å²) in [4.78, 5) is 0.158. The van der Waals surface area contributed by atoms with Gasteiger partial charge in [-0.3, -0.25) is 0 Å². The van der Waals surface area contributed by atoms with E-state index in [0.29, 0.717) is 0 Å².